The van der Waals surface area contributed by atoms with Gasteiger partial charge in [-0.1, -0.05) is 13.8 Å². The van der Waals surface area contributed by atoms with E-state index in [1.807, 2.05) is 17.8 Å². The lowest BCUT2D eigenvalue weighted by molar-refractivity contribution is 0.728. The number of thioether (sulfide) groups is 1. The molecule has 3 N–H and O–H groups in total. The summed E-state index contributed by atoms with van der Waals surface area (Å²) in [5.41, 5.74) is 7.48. The molecular formula is C13H18BrN3S. The molecule has 0 saturated carbocycles. The number of nitrogens with two attached hydrogens (primary N) is 1. The molecule has 0 spiro atoms. The smallest absolute Gasteiger partial charge is 0.123 e. The molecule has 98 valence electrons. The molecule has 1 aromatic carbocycles. The number of halogens is 1. The number of nitrogens with one attached hydrogen (secondary N) is 1. The van der Waals surface area contributed by atoms with Gasteiger partial charge in [-0.3, -0.25) is 5.41 Å². The van der Waals surface area contributed by atoms with Crippen molar-refractivity contribution >= 4 is 39.2 Å². The lowest BCUT2D eigenvalue weighted by atomic mass is 10.1. The largest absolute Gasteiger partial charge is 0.384 e. The Morgan fingerprint density at radius 1 is 1.39 bits per heavy atom. The van der Waals surface area contributed by atoms with Crippen molar-refractivity contribution in [3.05, 3.63) is 28.2 Å². The van der Waals surface area contributed by atoms with Gasteiger partial charge in [-0.15, -0.1) is 0 Å². The fraction of sp³-hybridized carbons (Fsp3) is 0.462. The van der Waals surface area contributed by atoms with E-state index in [2.05, 4.69) is 46.8 Å². The summed E-state index contributed by atoms with van der Waals surface area (Å²) >= 11 is 5.54. The summed E-state index contributed by atoms with van der Waals surface area (Å²) in [6.07, 6.45) is 0. The zero-order chi connectivity index (χ0) is 13.3. The normalized spacial score (nSPS) is 24.1. The van der Waals surface area contributed by atoms with E-state index in [0.29, 0.717) is 10.5 Å². The van der Waals surface area contributed by atoms with Crippen molar-refractivity contribution < 1.29 is 0 Å². The summed E-state index contributed by atoms with van der Waals surface area (Å²) in [6, 6.07) is 6.03. The molecule has 2 atom stereocenters. The van der Waals surface area contributed by atoms with Crippen molar-refractivity contribution in [1.29, 1.82) is 5.41 Å². The van der Waals surface area contributed by atoms with E-state index in [0.717, 1.165) is 23.1 Å². The number of hydrogen-bond donors (Lipinski definition) is 2. The SMILES string of the molecule is CC1CN(c2ccc(C(=N)N)c(Br)c2)CC(C)S1. The van der Waals surface area contributed by atoms with Crippen LogP contribution in [-0.4, -0.2) is 29.4 Å². The van der Waals surface area contributed by atoms with Crippen LogP contribution in [0.5, 0.6) is 0 Å². The fourth-order valence-electron chi connectivity index (χ4n) is 2.31. The Morgan fingerprint density at radius 2 is 2.00 bits per heavy atom. The number of rotatable bonds is 2. The van der Waals surface area contributed by atoms with Gasteiger partial charge in [0.15, 0.2) is 0 Å². The number of hydrogen-bond acceptors (Lipinski definition) is 3. The van der Waals surface area contributed by atoms with Crippen molar-refractivity contribution in [2.24, 2.45) is 5.73 Å². The Morgan fingerprint density at radius 3 is 2.50 bits per heavy atom. The van der Waals surface area contributed by atoms with Gasteiger partial charge in [-0.05, 0) is 34.1 Å². The van der Waals surface area contributed by atoms with E-state index in [9.17, 15) is 0 Å². The summed E-state index contributed by atoms with van der Waals surface area (Å²) in [7, 11) is 0. The standard InChI is InChI=1S/C13H18BrN3S/c1-8-6-17(7-9(2)18-8)10-3-4-11(13(15)16)12(14)5-10/h3-5,8-9H,6-7H2,1-2H3,(H3,15,16). The van der Waals surface area contributed by atoms with E-state index >= 15 is 0 Å². The maximum absolute atomic E-state index is 7.49. The van der Waals surface area contributed by atoms with E-state index in [1.54, 1.807) is 0 Å². The molecule has 1 aliphatic rings. The maximum Gasteiger partial charge on any atom is 0.123 e. The quantitative estimate of drug-likeness (QED) is 0.648. The highest BCUT2D eigenvalue weighted by atomic mass is 79.9. The first-order chi connectivity index (χ1) is 8.47. The summed E-state index contributed by atoms with van der Waals surface area (Å²) < 4.78 is 0.894. The van der Waals surface area contributed by atoms with Gasteiger partial charge in [-0.25, -0.2) is 0 Å². The third-order valence-electron chi connectivity index (χ3n) is 3.03. The Bertz CT molecular complexity index is 454. The second-order valence-electron chi connectivity index (χ2n) is 4.74. The average molecular weight is 328 g/mol. The maximum atomic E-state index is 7.49. The van der Waals surface area contributed by atoms with Crippen molar-refractivity contribution in [2.45, 2.75) is 24.3 Å². The Kier molecular flexibility index (Phi) is 4.22. The molecule has 1 fully saturated rings. The van der Waals surface area contributed by atoms with Gasteiger partial charge in [0.25, 0.3) is 0 Å². The number of benzene rings is 1. The first kappa shape index (κ1) is 13.7. The second-order valence-corrected chi connectivity index (χ2v) is 7.48. The van der Waals surface area contributed by atoms with E-state index in [-0.39, 0.29) is 5.84 Å². The van der Waals surface area contributed by atoms with E-state index in [4.69, 9.17) is 11.1 Å². The molecule has 1 heterocycles. The molecule has 0 radical (unpaired) electrons. The number of nitrogen functional groups attached to an aromatic ring is 1. The minimum Gasteiger partial charge on any atom is -0.384 e. The van der Waals surface area contributed by atoms with Crippen LogP contribution >= 0.6 is 27.7 Å². The van der Waals surface area contributed by atoms with Crippen LogP contribution in [0.1, 0.15) is 19.4 Å². The molecule has 18 heavy (non-hydrogen) atoms. The molecule has 1 saturated heterocycles. The third-order valence-corrected chi connectivity index (χ3v) is 4.91. The van der Waals surface area contributed by atoms with Crippen molar-refractivity contribution in [2.75, 3.05) is 18.0 Å². The minimum atomic E-state index is 0.101. The minimum absolute atomic E-state index is 0.101. The first-order valence-electron chi connectivity index (χ1n) is 6.01. The number of anilines is 1. The van der Waals surface area contributed by atoms with Crippen molar-refractivity contribution in [3.8, 4) is 0 Å². The summed E-state index contributed by atoms with van der Waals surface area (Å²) in [5.74, 6) is 0.101. The zero-order valence-electron chi connectivity index (χ0n) is 10.6. The van der Waals surface area contributed by atoms with E-state index < -0.39 is 0 Å². The van der Waals surface area contributed by atoms with Crippen LogP contribution in [0, 0.1) is 5.41 Å². The van der Waals surface area contributed by atoms with Gasteiger partial charge in [0, 0.05) is 39.3 Å². The monoisotopic (exact) mass is 327 g/mol. The number of nitrogens with zero attached hydrogens (tertiary/aromatic N) is 1. The van der Waals surface area contributed by atoms with Gasteiger partial charge < -0.3 is 10.6 Å². The first-order valence-corrected chi connectivity index (χ1v) is 7.75. The predicted octanol–water partition coefficient (Wildman–Crippen LogP) is 3.06. The van der Waals surface area contributed by atoms with Crippen molar-refractivity contribution in [3.63, 3.8) is 0 Å². The summed E-state index contributed by atoms with van der Waals surface area (Å²) in [5, 5.41) is 8.79. The molecule has 0 bridgehead atoms. The lowest BCUT2D eigenvalue weighted by Crippen LogP contribution is -2.40. The molecule has 3 nitrogen and oxygen atoms in total. The van der Waals surface area contributed by atoms with Crippen LogP contribution in [0.4, 0.5) is 5.69 Å². The zero-order valence-corrected chi connectivity index (χ0v) is 13.0. The van der Waals surface area contributed by atoms with Crippen LogP contribution < -0.4 is 10.6 Å². The third kappa shape index (κ3) is 3.01. The van der Waals surface area contributed by atoms with Crippen molar-refractivity contribution in [1.82, 2.24) is 0 Å². The molecule has 1 aliphatic heterocycles. The fourth-order valence-corrected chi connectivity index (χ4v) is 4.21. The summed E-state index contributed by atoms with van der Waals surface area (Å²) in [4.78, 5) is 2.40. The second kappa shape index (κ2) is 5.53. The van der Waals surface area contributed by atoms with Crippen LogP contribution in [0.25, 0.3) is 0 Å². The van der Waals surface area contributed by atoms with E-state index in [1.165, 1.54) is 5.69 Å². The van der Waals surface area contributed by atoms with Gasteiger partial charge in [0.2, 0.25) is 0 Å². The predicted molar refractivity (Wildman–Crippen MR) is 83.9 cm³/mol. The molecule has 0 amide bonds. The molecule has 1 aromatic rings. The Balaban J connectivity index is 2.23. The number of amidine groups is 1. The molecule has 2 rings (SSSR count). The van der Waals surface area contributed by atoms with Gasteiger partial charge >= 0.3 is 0 Å². The molecule has 2 unspecified atom stereocenters. The molecule has 5 heteroatoms. The highest BCUT2D eigenvalue weighted by molar-refractivity contribution is 9.10. The Hall–Kier alpha value is -0.680. The summed E-state index contributed by atoms with van der Waals surface area (Å²) in [6.45, 7) is 6.68. The average Bonchev–Trinajstić information content (AvgIpc) is 2.26. The van der Waals surface area contributed by atoms with Gasteiger partial charge in [0.1, 0.15) is 5.84 Å². The Labute approximate surface area is 121 Å². The highest BCUT2D eigenvalue weighted by Gasteiger charge is 2.22. The van der Waals surface area contributed by atoms with Crippen LogP contribution in [-0.2, 0) is 0 Å². The molecular weight excluding hydrogens is 310 g/mol. The lowest BCUT2D eigenvalue weighted by Gasteiger charge is -2.36. The van der Waals surface area contributed by atoms with Crippen LogP contribution in [0.2, 0.25) is 0 Å². The van der Waals surface area contributed by atoms with Crippen LogP contribution in [0.15, 0.2) is 22.7 Å². The topological polar surface area (TPSA) is 53.1 Å². The molecule has 0 aromatic heterocycles. The highest BCUT2D eigenvalue weighted by Crippen LogP contribution is 2.30. The van der Waals surface area contributed by atoms with Crippen LogP contribution in [0.3, 0.4) is 0 Å². The van der Waals surface area contributed by atoms with Gasteiger partial charge in [0.05, 0.1) is 0 Å². The molecule has 0 aliphatic carbocycles. The van der Waals surface area contributed by atoms with Gasteiger partial charge in [-0.2, -0.15) is 11.8 Å².